The molecule has 0 bridgehead atoms. The number of aromatic nitrogens is 1. The predicted octanol–water partition coefficient (Wildman–Crippen LogP) is 3.60. The van der Waals surface area contributed by atoms with Gasteiger partial charge in [-0.25, -0.2) is 9.18 Å². The van der Waals surface area contributed by atoms with Crippen molar-refractivity contribution in [3.63, 3.8) is 0 Å². The van der Waals surface area contributed by atoms with Crippen molar-refractivity contribution >= 4 is 23.3 Å². The number of amides is 1. The van der Waals surface area contributed by atoms with Crippen molar-refractivity contribution < 1.29 is 23.6 Å². The second-order valence-electron chi connectivity index (χ2n) is 5.51. The molecular weight excluding hydrogens is 369 g/mol. The summed E-state index contributed by atoms with van der Waals surface area (Å²) in [5, 5.41) is 13.6. The number of halogens is 1. The summed E-state index contributed by atoms with van der Waals surface area (Å²) in [6.07, 6.45) is 1.49. The molecular formula is C19H12FN3O5. The number of nitro benzene ring substituents is 1. The zero-order chi connectivity index (χ0) is 20.1. The average Bonchev–Trinajstić information content (AvgIpc) is 2.69. The molecule has 8 nitrogen and oxygen atoms in total. The molecule has 1 N–H and O–H groups in total. The number of benzene rings is 2. The molecule has 2 aromatic carbocycles. The number of carbonyl (C=O) groups excluding carboxylic acids is 2. The van der Waals surface area contributed by atoms with E-state index in [9.17, 15) is 24.1 Å². The molecule has 0 fully saturated rings. The van der Waals surface area contributed by atoms with E-state index < -0.39 is 34.1 Å². The van der Waals surface area contributed by atoms with E-state index in [-0.39, 0.29) is 11.3 Å². The highest BCUT2D eigenvalue weighted by molar-refractivity contribution is 6.03. The smallest absolute Gasteiger partial charge is 0.343 e. The third kappa shape index (κ3) is 4.33. The van der Waals surface area contributed by atoms with Crippen molar-refractivity contribution in [1.82, 2.24) is 4.98 Å². The van der Waals surface area contributed by atoms with Crippen LogP contribution < -0.4 is 10.1 Å². The lowest BCUT2D eigenvalue weighted by molar-refractivity contribution is -0.385. The van der Waals surface area contributed by atoms with E-state index in [2.05, 4.69) is 10.3 Å². The number of nitrogens with zero attached hydrogens (tertiary/aromatic N) is 2. The van der Waals surface area contributed by atoms with Crippen LogP contribution in [0.25, 0.3) is 0 Å². The topological polar surface area (TPSA) is 111 Å². The number of anilines is 1. The fraction of sp³-hybridized carbons (Fsp3) is 0. The maximum Gasteiger partial charge on any atom is 0.343 e. The number of hydrogen-bond acceptors (Lipinski definition) is 6. The monoisotopic (exact) mass is 381 g/mol. The minimum Gasteiger partial charge on any atom is -0.415 e. The molecule has 0 radical (unpaired) electrons. The summed E-state index contributed by atoms with van der Waals surface area (Å²) < 4.78 is 18.3. The summed E-state index contributed by atoms with van der Waals surface area (Å²) >= 11 is 0. The molecule has 0 unspecified atom stereocenters. The van der Waals surface area contributed by atoms with Crippen molar-refractivity contribution in [2.24, 2.45) is 0 Å². The van der Waals surface area contributed by atoms with Gasteiger partial charge in [-0.3, -0.25) is 19.9 Å². The quantitative estimate of drug-likeness (QED) is 0.313. The van der Waals surface area contributed by atoms with Gasteiger partial charge in [-0.2, -0.15) is 0 Å². The molecule has 0 aliphatic carbocycles. The van der Waals surface area contributed by atoms with E-state index >= 15 is 0 Å². The second-order valence-corrected chi connectivity index (χ2v) is 5.51. The van der Waals surface area contributed by atoms with E-state index in [1.807, 2.05) is 0 Å². The number of esters is 1. The number of carbonyl (C=O) groups is 2. The molecule has 0 atom stereocenters. The Morgan fingerprint density at radius 3 is 2.46 bits per heavy atom. The second kappa shape index (κ2) is 8.04. The summed E-state index contributed by atoms with van der Waals surface area (Å²) in [4.78, 5) is 38.3. The van der Waals surface area contributed by atoms with Crippen LogP contribution in [0.5, 0.6) is 5.75 Å². The normalized spacial score (nSPS) is 10.2. The van der Waals surface area contributed by atoms with Gasteiger partial charge in [0, 0.05) is 24.0 Å². The predicted molar refractivity (Wildman–Crippen MR) is 96.6 cm³/mol. The molecule has 9 heteroatoms. The maximum absolute atomic E-state index is 13.3. The molecule has 140 valence electrons. The number of hydrogen-bond donors (Lipinski definition) is 1. The summed E-state index contributed by atoms with van der Waals surface area (Å²) in [7, 11) is 0. The van der Waals surface area contributed by atoms with Crippen LogP contribution >= 0.6 is 0 Å². The first-order chi connectivity index (χ1) is 13.4. The first-order valence-electron chi connectivity index (χ1n) is 7.92. The maximum atomic E-state index is 13.3. The first kappa shape index (κ1) is 18.6. The van der Waals surface area contributed by atoms with Gasteiger partial charge in [-0.1, -0.05) is 6.07 Å². The summed E-state index contributed by atoms with van der Waals surface area (Å²) in [5.41, 5.74) is 0.164. The third-order valence-electron chi connectivity index (χ3n) is 3.60. The van der Waals surface area contributed by atoms with Crippen LogP contribution in [0.3, 0.4) is 0 Å². The Hall–Kier alpha value is -4.14. The molecule has 1 aromatic heterocycles. The standard InChI is InChI=1S/C19H12FN3O5/c20-13-6-9-16(23(26)27)17(11-13)28-19(25)12-4-7-14(8-5-12)22-18(24)15-3-1-2-10-21-15/h1-11H,(H,22,24). The summed E-state index contributed by atoms with van der Waals surface area (Å²) in [6.45, 7) is 0. The minimum absolute atomic E-state index is 0.0643. The van der Waals surface area contributed by atoms with Crippen LogP contribution in [-0.4, -0.2) is 21.8 Å². The van der Waals surface area contributed by atoms with Gasteiger partial charge in [0.1, 0.15) is 11.5 Å². The molecule has 0 aliphatic heterocycles. The SMILES string of the molecule is O=C(Oc1cc(F)ccc1[N+](=O)[O-])c1ccc(NC(=O)c2ccccn2)cc1. The third-order valence-corrected chi connectivity index (χ3v) is 3.60. The number of nitrogens with one attached hydrogen (secondary N) is 1. The van der Waals surface area contributed by atoms with E-state index in [1.165, 1.54) is 30.5 Å². The first-order valence-corrected chi connectivity index (χ1v) is 7.92. The lowest BCUT2D eigenvalue weighted by atomic mass is 10.2. The van der Waals surface area contributed by atoms with Crippen molar-refractivity contribution in [2.45, 2.75) is 0 Å². The lowest BCUT2D eigenvalue weighted by Gasteiger charge is -2.07. The Labute approximate surface area is 157 Å². The van der Waals surface area contributed by atoms with E-state index in [4.69, 9.17) is 4.74 Å². The zero-order valence-electron chi connectivity index (χ0n) is 14.2. The molecule has 0 saturated carbocycles. The summed E-state index contributed by atoms with van der Waals surface area (Å²) in [6, 6.07) is 13.1. The van der Waals surface area contributed by atoms with Gasteiger partial charge >= 0.3 is 11.7 Å². The number of pyridine rings is 1. The van der Waals surface area contributed by atoms with E-state index in [0.29, 0.717) is 5.69 Å². The van der Waals surface area contributed by atoms with Crippen molar-refractivity contribution in [3.8, 4) is 5.75 Å². The molecule has 0 saturated heterocycles. The van der Waals surface area contributed by atoms with Gasteiger partial charge in [0.2, 0.25) is 5.75 Å². The number of rotatable bonds is 5. The summed E-state index contributed by atoms with van der Waals surface area (Å²) in [5.74, 6) is -2.61. The average molecular weight is 381 g/mol. The highest BCUT2D eigenvalue weighted by Gasteiger charge is 2.20. The van der Waals surface area contributed by atoms with Gasteiger partial charge in [-0.05, 0) is 42.5 Å². The fourth-order valence-corrected chi connectivity index (χ4v) is 2.26. The molecule has 1 heterocycles. The van der Waals surface area contributed by atoms with Crippen LogP contribution in [0.15, 0.2) is 66.9 Å². The van der Waals surface area contributed by atoms with Gasteiger partial charge in [0.25, 0.3) is 5.91 Å². The number of ether oxygens (including phenoxy) is 1. The van der Waals surface area contributed by atoms with Gasteiger partial charge in [0.15, 0.2) is 0 Å². The Balaban J connectivity index is 1.72. The van der Waals surface area contributed by atoms with Gasteiger partial charge in [0.05, 0.1) is 10.5 Å². The lowest BCUT2D eigenvalue weighted by Crippen LogP contribution is -2.14. The fourth-order valence-electron chi connectivity index (χ4n) is 2.26. The zero-order valence-corrected chi connectivity index (χ0v) is 14.2. The van der Waals surface area contributed by atoms with Crippen molar-refractivity contribution in [1.29, 1.82) is 0 Å². The number of nitro groups is 1. The van der Waals surface area contributed by atoms with Crippen molar-refractivity contribution in [3.05, 3.63) is 94.0 Å². The molecule has 1 amide bonds. The Morgan fingerprint density at radius 1 is 1.07 bits per heavy atom. The highest BCUT2D eigenvalue weighted by atomic mass is 19.1. The van der Waals surface area contributed by atoms with Crippen LogP contribution in [-0.2, 0) is 0 Å². The largest absolute Gasteiger partial charge is 0.415 e. The van der Waals surface area contributed by atoms with Crippen LogP contribution in [0.4, 0.5) is 15.8 Å². The van der Waals surface area contributed by atoms with E-state index in [0.717, 1.165) is 18.2 Å². The minimum atomic E-state index is -0.906. The van der Waals surface area contributed by atoms with Gasteiger partial charge in [-0.15, -0.1) is 0 Å². The Kier molecular flexibility index (Phi) is 5.35. The molecule has 28 heavy (non-hydrogen) atoms. The Bertz CT molecular complexity index is 1040. The molecule has 0 aliphatic rings. The van der Waals surface area contributed by atoms with Crippen LogP contribution in [0.1, 0.15) is 20.8 Å². The van der Waals surface area contributed by atoms with Gasteiger partial charge < -0.3 is 10.1 Å². The molecule has 3 rings (SSSR count). The van der Waals surface area contributed by atoms with E-state index in [1.54, 1.807) is 18.2 Å². The molecule has 0 spiro atoms. The van der Waals surface area contributed by atoms with Crippen LogP contribution in [0, 0.1) is 15.9 Å². The highest BCUT2D eigenvalue weighted by Crippen LogP contribution is 2.28. The van der Waals surface area contributed by atoms with Crippen LogP contribution in [0.2, 0.25) is 0 Å². The molecule has 3 aromatic rings. The van der Waals surface area contributed by atoms with Crippen molar-refractivity contribution in [2.75, 3.05) is 5.32 Å². The Morgan fingerprint density at radius 2 is 1.82 bits per heavy atom.